The number of aliphatic hydroxyl groups excluding tert-OH is 2. The molecule has 4 N–H and O–H groups in total. The Hall–Kier alpha value is -1.50. The molecule has 6 heteroatoms. The Bertz CT molecular complexity index is 456. The van der Waals surface area contributed by atoms with Gasteiger partial charge in [0.25, 0.3) is 0 Å². The average molecular weight is 208 g/mol. The SMILES string of the molecule is NCC(O)C(O)c1cnc2cccnn12. The average Bonchev–Trinajstić information content (AvgIpc) is 2.70. The van der Waals surface area contributed by atoms with Crippen LogP contribution in [0.5, 0.6) is 0 Å². The number of rotatable bonds is 3. The highest BCUT2D eigenvalue weighted by molar-refractivity contribution is 5.38. The van der Waals surface area contributed by atoms with Gasteiger partial charge < -0.3 is 15.9 Å². The van der Waals surface area contributed by atoms with Crippen LogP contribution in [0.4, 0.5) is 0 Å². The molecule has 2 atom stereocenters. The van der Waals surface area contributed by atoms with Gasteiger partial charge in [0, 0.05) is 12.7 Å². The van der Waals surface area contributed by atoms with Crippen LogP contribution in [0, 0.1) is 0 Å². The van der Waals surface area contributed by atoms with Gasteiger partial charge in [0.05, 0.1) is 18.0 Å². The molecule has 2 unspecified atom stereocenters. The molecule has 80 valence electrons. The molecule has 0 amide bonds. The summed E-state index contributed by atoms with van der Waals surface area (Å²) in [6.45, 7) is -0.0127. The largest absolute Gasteiger partial charge is 0.389 e. The molecule has 2 rings (SSSR count). The molecule has 6 nitrogen and oxygen atoms in total. The number of hydrogen-bond acceptors (Lipinski definition) is 5. The fraction of sp³-hybridized carbons (Fsp3) is 0.333. The first kappa shape index (κ1) is 10.0. The zero-order valence-corrected chi connectivity index (χ0v) is 7.98. The van der Waals surface area contributed by atoms with E-state index >= 15 is 0 Å². The zero-order valence-electron chi connectivity index (χ0n) is 7.98. The lowest BCUT2D eigenvalue weighted by Crippen LogP contribution is -2.28. The van der Waals surface area contributed by atoms with E-state index < -0.39 is 12.2 Å². The van der Waals surface area contributed by atoms with Crippen LogP contribution in [0.15, 0.2) is 24.5 Å². The van der Waals surface area contributed by atoms with E-state index in [-0.39, 0.29) is 6.54 Å². The lowest BCUT2D eigenvalue weighted by atomic mass is 10.1. The summed E-state index contributed by atoms with van der Waals surface area (Å²) in [5, 5.41) is 23.2. The minimum absolute atomic E-state index is 0.0127. The van der Waals surface area contributed by atoms with Gasteiger partial charge in [0.15, 0.2) is 5.65 Å². The van der Waals surface area contributed by atoms with Crippen molar-refractivity contribution >= 4 is 5.65 Å². The number of hydrogen-bond donors (Lipinski definition) is 3. The monoisotopic (exact) mass is 208 g/mol. The molecule has 15 heavy (non-hydrogen) atoms. The minimum Gasteiger partial charge on any atom is -0.389 e. The van der Waals surface area contributed by atoms with Crippen LogP contribution < -0.4 is 5.73 Å². The zero-order chi connectivity index (χ0) is 10.8. The highest BCUT2D eigenvalue weighted by atomic mass is 16.3. The highest BCUT2D eigenvalue weighted by Gasteiger charge is 2.20. The number of nitrogens with zero attached hydrogens (tertiary/aromatic N) is 3. The molecule has 0 aromatic carbocycles. The van der Waals surface area contributed by atoms with Crippen molar-refractivity contribution in [1.29, 1.82) is 0 Å². The first-order chi connectivity index (χ1) is 7.24. The summed E-state index contributed by atoms with van der Waals surface area (Å²) in [6, 6.07) is 3.51. The molecule has 0 spiro atoms. The quantitative estimate of drug-likeness (QED) is 0.606. The maximum Gasteiger partial charge on any atom is 0.153 e. The number of nitrogens with two attached hydrogens (primary N) is 1. The Balaban J connectivity index is 2.43. The van der Waals surface area contributed by atoms with Gasteiger partial charge >= 0.3 is 0 Å². The van der Waals surface area contributed by atoms with Gasteiger partial charge in [-0.1, -0.05) is 0 Å². The molecule has 0 radical (unpaired) electrons. The summed E-state index contributed by atoms with van der Waals surface area (Å²) in [5.74, 6) is 0. The molecule has 0 aliphatic carbocycles. The molecule has 0 aliphatic heterocycles. The highest BCUT2D eigenvalue weighted by Crippen LogP contribution is 2.16. The Morgan fingerprint density at radius 2 is 2.27 bits per heavy atom. The lowest BCUT2D eigenvalue weighted by molar-refractivity contribution is 0.0206. The van der Waals surface area contributed by atoms with Gasteiger partial charge in [-0.15, -0.1) is 0 Å². The van der Waals surface area contributed by atoms with Crippen LogP contribution in [0.25, 0.3) is 5.65 Å². The van der Waals surface area contributed by atoms with E-state index in [0.717, 1.165) is 0 Å². The minimum atomic E-state index is -1.07. The fourth-order valence-corrected chi connectivity index (χ4v) is 1.38. The van der Waals surface area contributed by atoms with Crippen molar-refractivity contribution in [3.63, 3.8) is 0 Å². The molecule has 2 heterocycles. The summed E-state index contributed by atoms with van der Waals surface area (Å²) in [7, 11) is 0. The van der Waals surface area contributed by atoms with Gasteiger partial charge in [0.1, 0.15) is 6.10 Å². The van der Waals surface area contributed by atoms with E-state index in [0.29, 0.717) is 11.3 Å². The van der Waals surface area contributed by atoms with Gasteiger partial charge in [0.2, 0.25) is 0 Å². The Morgan fingerprint density at radius 3 is 3.00 bits per heavy atom. The van der Waals surface area contributed by atoms with E-state index in [1.165, 1.54) is 10.7 Å². The van der Waals surface area contributed by atoms with Crippen LogP contribution in [-0.4, -0.2) is 37.5 Å². The molecule has 0 saturated heterocycles. The summed E-state index contributed by atoms with van der Waals surface area (Å²) in [5.41, 5.74) is 6.32. The Labute approximate surface area is 86.0 Å². The molecule has 0 fully saturated rings. The Morgan fingerprint density at radius 1 is 1.47 bits per heavy atom. The maximum atomic E-state index is 9.75. The number of fused-ring (bicyclic) bond motifs is 1. The summed E-state index contributed by atoms with van der Waals surface area (Å²) >= 11 is 0. The fourth-order valence-electron chi connectivity index (χ4n) is 1.38. The van der Waals surface area contributed by atoms with E-state index in [1.54, 1.807) is 18.3 Å². The van der Waals surface area contributed by atoms with Crippen molar-refractivity contribution in [3.05, 3.63) is 30.2 Å². The summed E-state index contributed by atoms with van der Waals surface area (Å²) in [6.07, 6.45) is 0.984. The third kappa shape index (κ3) is 1.70. The molecule has 0 saturated carbocycles. The third-order valence-corrected chi connectivity index (χ3v) is 2.21. The van der Waals surface area contributed by atoms with Crippen molar-refractivity contribution in [3.8, 4) is 0 Å². The van der Waals surface area contributed by atoms with Crippen molar-refractivity contribution < 1.29 is 10.2 Å². The normalized spacial score (nSPS) is 15.4. The van der Waals surface area contributed by atoms with Crippen LogP contribution in [0.1, 0.15) is 11.8 Å². The molecule has 0 bridgehead atoms. The Kier molecular flexibility index (Phi) is 2.63. The number of aliphatic hydroxyl groups is 2. The first-order valence-electron chi connectivity index (χ1n) is 4.59. The predicted molar refractivity (Wildman–Crippen MR) is 53.0 cm³/mol. The summed E-state index contributed by atoms with van der Waals surface area (Å²) in [4.78, 5) is 4.04. The number of aromatic nitrogens is 3. The summed E-state index contributed by atoms with van der Waals surface area (Å²) < 4.78 is 1.48. The maximum absolute atomic E-state index is 9.75. The van der Waals surface area contributed by atoms with Crippen LogP contribution >= 0.6 is 0 Å². The van der Waals surface area contributed by atoms with E-state index in [1.807, 2.05) is 0 Å². The standard InChI is InChI=1S/C9H12N4O2/c10-4-7(14)9(15)6-5-11-8-2-1-3-12-13(6)8/h1-3,5,7,9,14-15H,4,10H2. The second kappa shape index (κ2) is 3.93. The third-order valence-electron chi connectivity index (χ3n) is 2.21. The molecule has 0 aliphatic rings. The molecule has 2 aromatic heterocycles. The smallest absolute Gasteiger partial charge is 0.153 e. The van der Waals surface area contributed by atoms with Crippen LogP contribution in [-0.2, 0) is 0 Å². The number of imidazole rings is 1. The van der Waals surface area contributed by atoms with Gasteiger partial charge in [-0.3, -0.25) is 0 Å². The second-order valence-electron chi connectivity index (χ2n) is 3.22. The van der Waals surface area contributed by atoms with E-state index in [2.05, 4.69) is 10.1 Å². The molecule has 2 aromatic rings. The predicted octanol–water partition coefficient (Wildman–Crippen LogP) is -0.918. The molecular weight excluding hydrogens is 196 g/mol. The molecular formula is C9H12N4O2. The second-order valence-corrected chi connectivity index (χ2v) is 3.22. The lowest BCUT2D eigenvalue weighted by Gasteiger charge is -2.14. The first-order valence-corrected chi connectivity index (χ1v) is 4.59. The van der Waals surface area contributed by atoms with Crippen molar-refractivity contribution in [2.24, 2.45) is 5.73 Å². The van der Waals surface area contributed by atoms with Gasteiger partial charge in [-0.2, -0.15) is 5.10 Å². The van der Waals surface area contributed by atoms with E-state index in [4.69, 9.17) is 5.73 Å². The van der Waals surface area contributed by atoms with E-state index in [9.17, 15) is 10.2 Å². The van der Waals surface area contributed by atoms with Crippen molar-refractivity contribution in [2.45, 2.75) is 12.2 Å². The van der Waals surface area contributed by atoms with Crippen molar-refractivity contribution in [2.75, 3.05) is 6.54 Å². The van der Waals surface area contributed by atoms with Crippen molar-refractivity contribution in [1.82, 2.24) is 14.6 Å². The van der Waals surface area contributed by atoms with Crippen LogP contribution in [0.3, 0.4) is 0 Å². The van der Waals surface area contributed by atoms with Crippen LogP contribution in [0.2, 0.25) is 0 Å². The van der Waals surface area contributed by atoms with Gasteiger partial charge in [-0.05, 0) is 12.1 Å². The van der Waals surface area contributed by atoms with Gasteiger partial charge in [-0.25, -0.2) is 9.50 Å². The topological polar surface area (TPSA) is 96.7 Å².